The smallest absolute Gasteiger partial charge is 0.254 e. The molecule has 0 bridgehead atoms. The molecule has 3 heterocycles. The van der Waals surface area contributed by atoms with Crippen molar-refractivity contribution in [2.45, 2.75) is 26.3 Å². The fourth-order valence-corrected chi connectivity index (χ4v) is 3.03. The average Bonchev–Trinajstić information content (AvgIpc) is 2.78. The van der Waals surface area contributed by atoms with E-state index in [4.69, 9.17) is 0 Å². The number of hydrogen-bond donors (Lipinski definition) is 1. The van der Waals surface area contributed by atoms with Gasteiger partial charge in [-0.25, -0.2) is 9.97 Å². The number of H-pyrrole nitrogens is 1. The fourth-order valence-electron chi connectivity index (χ4n) is 2.48. The summed E-state index contributed by atoms with van der Waals surface area (Å²) >= 11 is 1.62. The summed E-state index contributed by atoms with van der Waals surface area (Å²) in [6, 6.07) is 0. The maximum Gasteiger partial charge on any atom is 0.254 e. The maximum absolute atomic E-state index is 11.9. The minimum atomic E-state index is 0.0259. The van der Waals surface area contributed by atoms with Crippen LogP contribution in [0.15, 0.2) is 15.7 Å². The van der Waals surface area contributed by atoms with Crippen molar-refractivity contribution < 1.29 is 0 Å². The van der Waals surface area contributed by atoms with Crippen LogP contribution < -0.4 is 5.56 Å². The van der Waals surface area contributed by atoms with Gasteiger partial charge in [0.25, 0.3) is 5.56 Å². The summed E-state index contributed by atoms with van der Waals surface area (Å²) in [5.74, 6) is 0.705. The van der Waals surface area contributed by atoms with Gasteiger partial charge in [-0.3, -0.25) is 9.69 Å². The summed E-state index contributed by atoms with van der Waals surface area (Å²) < 4.78 is 0. The molecule has 6 heteroatoms. The monoisotopic (exact) mass is 276 g/mol. The minimum Gasteiger partial charge on any atom is -0.311 e. The van der Waals surface area contributed by atoms with Gasteiger partial charge in [0.15, 0.2) is 0 Å². The molecule has 1 aliphatic rings. The minimum absolute atomic E-state index is 0.0259. The number of rotatable bonds is 2. The molecule has 0 fully saturated rings. The first-order chi connectivity index (χ1) is 9.22. The third-order valence-electron chi connectivity index (χ3n) is 3.43. The Morgan fingerprint density at radius 2 is 2.26 bits per heavy atom. The van der Waals surface area contributed by atoms with Crippen LogP contribution in [0.3, 0.4) is 0 Å². The summed E-state index contributed by atoms with van der Waals surface area (Å²) in [6.07, 6.45) is 1.60. The van der Waals surface area contributed by atoms with Gasteiger partial charge in [0.1, 0.15) is 5.82 Å². The van der Waals surface area contributed by atoms with Crippen LogP contribution in [0.25, 0.3) is 0 Å². The second-order valence-corrected chi connectivity index (χ2v) is 5.55. The lowest BCUT2D eigenvalue weighted by atomic mass is 10.1. The van der Waals surface area contributed by atoms with E-state index in [-0.39, 0.29) is 5.56 Å². The lowest BCUT2D eigenvalue weighted by Crippen LogP contribution is -2.26. The van der Waals surface area contributed by atoms with Crippen molar-refractivity contribution >= 4 is 11.3 Å². The number of aromatic amines is 1. The van der Waals surface area contributed by atoms with E-state index in [9.17, 15) is 4.79 Å². The number of aryl methyl sites for hydroxylation is 1. The Morgan fingerprint density at radius 3 is 3.05 bits per heavy atom. The largest absolute Gasteiger partial charge is 0.311 e. The van der Waals surface area contributed by atoms with Crippen LogP contribution in [0.1, 0.15) is 22.8 Å². The molecule has 0 unspecified atom stereocenters. The third kappa shape index (κ3) is 2.74. The zero-order valence-corrected chi connectivity index (χ0v) is 11.7. The molecule has 1 aliphatic heterocycles. The molecule has 3 rings (SSSR count). The average molecular weight is 276 g/mol. The molecular weight excluding hydrogens is 260 g/mol. The van der Waals surface area contributed by atoms with E-state index in [1.165, 1.54) is 0 Å². The van der Waals surface area contributed by atoms with Crippen molar-refractivity contribution in [3.63, 3.8) is 0 Å². The van der Waals surface area contributed by atoms with Gasteiger partial charge in [0.05, 0.1) is 16.9 Å². The van der Waals surface area contributed by atoms with Crippen molar-refractivity contribution in [1.82, 2.24) is 19.9 Å². The number of nitrogens with one attached hydrogen (secondary N) is 1. The third-order valence-corrected chi connectivity index (χ3v) is 4.07. The molecule has 1 N–H and O–H groups in total. The van der Waals surface area contributed by atoms with Gasteiger partial charge >= 0.3 is 0 Å². The zero-order valence-electron chi connectivity index (χ0n) is 10.8. The Bertz CT molecular complexity index is 620. The van der Waals surface area contributed by atoms with E-state index in [0.717, 1.165) is 49.4 Å². The molecule has 0 radical (unpaired) electrons. The molecule has 2 aromatic rings. The van der Waals surface area contributed by atoms with Crippen LogP contribution in [-0.2, 0) is 19.4 Å². The molecule has 0 spiro atoms. The summed E-state index contributed by atoms with van der Waals surface area (Å²) in [6.45, 7) is 4.51. The summed E-state index contributed by atoms with van der Waals surface area (Å²) in [5.41, 5.74) is 4.80. The van der Waals surface area contributed by atoms with Gasteiger partial charge in [-0.05, 0) is 13.3 Å². The molecule has 0 atom stereocenters. The van der Waals surface area contributed by atoms with Crippen LogP contribution >= 0.6 is 11.3 Å². The van der Waals surface area contributed by atoms with Crippen molar-refractivity contribution in [2.24, 2.45) is 0 Å². The Hall–Kier alpha value is -1.53. The van der Waals surface area contributed by atoms with Crippen LogP contribution in [0, 0.1) is 6.92 Å². The number of fused-ring (bicyclic) bond motifs is 1. The van der Waals surface area contributed by atoms with Crippen molar-refractivity contribution in [2.75, 3.05) is 13.1 Å². The van der Waals surface area contributed by atoms with Crippen LogP contribution in [0.5, 0.6) is 0 Å². The summed E-state index contributed by atoms with van der Waals surface area (Å²) in [7, 11) is 0. The number of nitrogens with zero attached hydrogens (tertiary/aromatic N) is 3. The Balaban J connectivity index is 1.77. The first-order valence-corrected chi connectivity index (χ1v) is 7.35. The molecule has 0 aliphatic carbocycles. The quantitative estimate of drug-likeness (QED) is 0.893. The molecular formula is C13H16N4OS. The highest BCUT2D eigenvalue weighted by Gasteiger charge is 2.18. The molecule has 0 aromatic carbocycles. The number of hydrogen-bond acceptors (Lipinski definition) is 5. The first kappa shape index (κ1) is 12.5. The fraction of sp³-hybridized carbons (Fsp3) is 0.462. The van der Waals surface area contributed by atoms with Gasteiger partial charge in [-0.15, -0.1) is 11.3 Å². The molecule has 5 nitrogen and oxygen atoms in total. The molecule has 100 valence electrons. The highest BCUT2D eigenvalue weighted by molar-refractivity contribution is 7.07. The van der Waals surface area contributed by atoms with E-state index in [1.807, 2.05) is 12.4 Å². The summed E-state index contributed by atoms with van der Waals surface area (Å²) in [5, 5.41) is 2.08. The predicted octanol–water partition coefficient (Wildman–Crippen LogP) is 1.14. The highest BCUT2D eigenvalue weighted by Crippen LogP contribution is 2.13. The van der Waals surface area contributed by atoms with Crippen LogP contribution in [-0.4, -0.2) is 32.9 Å². The van der Waals surface area contributed by atoms with Gasteiger partial charge in [0, 0.05) is 37.0 Å². The highest BCUT2D eigenvalue weighted by atomic mass is 32.1. The maximum atomic E-state index is 11.9. The van der Waals surface area contributed by atoms with E-state index >= 15 is 0 Å². The lowest BCUT2D eigenvalue weighted by molar-refractivity contribution is 0.276. The van der Waals surface area contributed by atoms with E-state index in [2.05, 4.69) is 25.2 Å². The van der Waals surface area contributed by atoms with Crippen LogP contribution in [0.4, 0.5) is 0 Å². The zero-order chi connectivity index (χ0) is 13.2. The molecule has 0 amide bonds. The molecule has 0 saturated carbocycles. The lowest BCUT2D eigenvalue weighted by Gasteiger charge is -2.17. The van der Waals surface area contributed by atoms with Gasteiger partial charge in [0.2, 0.25) is 0 Å². The second-order valence-electron chi connectivity index (χ2n) is 4.83. The van der Waals surface area contributed by atoms with E-state index in [1.54, 1.807) is 11.3 Å². The SMILES string of the molecule is Cc1nc2c(c(=O)[nH]1)CCN(Cc1cscn1)CC2. The van der Waals surface area contributed by atoms with E-state index in [0.29, 0.717) is 5.82 Å². The van der Waals surface area contributed by atoms with Gasteiger partial charge in [-0.1, -0.05) is 0 Å². The second kappa shape index (κ2) is 5.22. The number of thiazole rings is 1. The van der Waals surface area contributed by atoms with Crippen molar-refractivity contribution in [3.8, 4) is 0 Å². The van der Waals surface area contributed by atoms with E-state index < -0.39 is 0 Å². The van der Waals surface area contributed by atoms with Crippen molar-refractivity contribution in [1.29, 1.82) is 0 Å². The van der Waals surface area contributed by atoms with Crippen LogP contribution in [0.2, 0.25) is 0 Å². The van der Waals surface area contributed by atoms with Crippen molar-refractivity contribution in [3.05, 3.63) is 44.0 Å². The Morgan fingerprint density at radius 1 is 1.42 bits per heavy atom. The topological polar surface area (TPSA) is 61.9 Å². The van der Waals surface area contributed by atoms with Gasteiger partial charge < -0.3 is 4.98 Å². The molecule has 19 heavy (non-hydrogen) atoms. The number of aromatic nitrogens is 3. The standard InChI is InChI=1S/C13H16N4OS/c1-9-15-12-3-5-17(6-10-7-19-8-14-10)4-2-11(12)13(18)16-9/h7-8H,2-6H2,1H3,(H,15,16,18). The predicted molar refractivity (Wildman–Crippen MR) is 74.4 cm³/mol. The molecule has 2 aromatic heterocycles. The van der Waals surface area contributed by atoms with Gasteiger partial charge in [-0.2, -0.15) is 0 Å². The normalized spacial score (nSPS) is 16.1. The first-order valence-electron chi connectivity index (χ1n) is 6.40. The Labute approximate surface area is 115 Å². The summed E-state index contributed by atoms with van der Waals surface area (Å²) in [4.78, 5) is 25.9. The molecule has 0 saturated heterocycles. The Kier molecular flexibility index (Phi) is 3.44.